The lowest BCUT2D eigenvalue weighted by Gasteiger charge is -2.41. The van der Waals surface area contributed by atoms with E-state index in [1.807, 2.05) is 6.07 Å². The van der Waals surface area contributed by atoms with Crippen LogP contribution in [0, 0.1) is 11.3 Å². The fourth-order valence-electron chi connectivity index (χ4n) is 2.25. The Bertz CT molecular complexity index is 539. The van der Waals surface area contributed by atoms with Gasteiger partial charge in [0.2, 0.25) is 0 Å². The third kappa shape index (κ3) is 2.91. The van der Waals surface area contributed by atoms with Crippen LogP contribution in [0.1, 0.15) is 41.6 Å². The van der Waals surface area contributed by atoms with Crippen molar-refractivity contribution in [2.45, 2.75) is 31.2 Å². The molecule has 5 nitrogen and oxygen atoms in total. The average Bonchev–Trinajstić information content (AvgIpc) is 2.35. The van der Waals surface area contributed by atoms with Gasteiger partial charge in [-0.1, -0.05) is 0 Å². The Kier molecular flexibility index (Phi) is 3.52. The summed E-state index contributed by atoms with van der Waals surface area (Å²) in [5.41, 5.74) is 0.327. The van der Waals surface area contributed by atoms with Crippen LogP contribution in [-0.2, 0) is 4.79 Å². The van der Waals surface area contributed by atoms with Crippen molar-refractivity contribution >= 4 is 11.9 Å². The number of carboxylic acid groups (broad SMARTS) is 1. The maximum absolute atomic E-state index is 12.0. The molecule has 5 heteroatoms. The maximum atomic E-state index is 12.0. The summed E-state index contributed by atoms with van der Waals surface area (Å²) in [5, 5.41) is 20.4. The maximum Gasteiger partial charge on any atom is 0.305 e. The predicted octanol–water partition coefficient (Wildman–Crippen LogP) is 1.69. The van der Waals surface area contributed by atoms with E-state index in [9.17, 15) is 9.59 Å². The monoisotopic (exact) mass is 258 g/mol. The minimum absolute atomic E-state index is 0.0466. The summed E-state index contributed by atoms with van der Waals surface area (Å²) in [7, 11) is 0. The standard InChI is InChI=1S/C14H14N2O3/c15-9-10-2-4-11(5-3-10)13(19)16-14(6-1-7-14)8-12(17)18/h2-5H,1,6-8H2,(H,16,19)(H,17,18). The van der Waals surface area contributed by atoms with E-state index in [-0.39, 0.29) is 12.3 Å². The van der Waals surface area contributed by atoms with E-state index in [2.05, 4.69) is 5.32 Å². The SMILES string of the molecule is N#Cc1ccc(C(=O)NC2(CC(=O)O)CCC2)cc1. The molecular formula is C14H14N2O3. The first kappa shape index (κ1) is 13.1. The van der Waals surface area contributed by atoms with Gasteiger partial charge in [-0.15, -0.1) is 0 Å². The summed E-state index contributed by atoms with van der Waals surface area (Å²) >= 11 is 0. The number of benzene rings is 1. The molecule has 2 N–H and O–H groups in total. The van der Waals surface area contributed by atoms with Crippen LogP contribution < -0.4 is 5.32 Å². The van der Waals surface area contributed by atoms with Crippen LogP contribution in [0.3, 0.4) is 0 Å². The van der Waals surface area contributed by atoms with Crippen LogP contribution in [0.25, 0.3) is 0 Å². The molecule has 2 rings (SSSR count). The molecule has 1 aliphatic carbocycles. The molecule has 0 atom stereocenters. The molecule has 1 amide bonds. The molecule has 1 aliphatic rings. The largest absolute Gasteiger partial charge is 0.481 e. The first-order valence-electron chi connectivity index (χ1n) is 6.09. The molecular weight excluding hydrogens is 244 g/mol. The summed E-state index contributed by atoms with van der Waals surface area (Å²) in [6.45, 7) is 0. The number of rotatable bonds is 4. The van der Waals surface area contributed by atoms with Crippen LogP contribution in [0.5, 0.6) is 0 Å². The zero-order chi connectivity index (χ0) is 13.9. The molecule has 98 valence electrons. The quantitative estimate of drug-likeness (QED) is 0.859. The molecule has 0 aliphatic heterocycles. The minimum atomic E-state index is -0.903. The van der Waals surface area contributed by atoms with Crippen LogP contribution in [-0.4, -0.2) is 22.5 Å². The summed E-state index contributed by atoms with van der Waals surface area (Å²) in [4.78, 5) is 22.9. The van der Waals surface area contributed by atoms with Crippen LogP contribution in [0.4, 0.5) is 0 Å². The highest BCUT2D eigenvalue weighted by Gasteiger charge is 2.40. The molecule has 1 saturated carbocycles. The predicted molar refractivity (Wildman–Crippen MR) is 67.5 cm³/mol. The van der Waals surface area contributed by atoms with Crippen molar-refractivity contribution in [2.75, 3.05) is 0 Å². The van der Waals surface area contributed by atoms with E-state index in [1.54, 1.807) is 24.3 Å². The highest BCUT2D eigenvalue weighted by Crippen LogP contribution is 2.35. The fraction of sp³-hybridized carbons (Fsp3) is 0.357. The molecule has 0 aromatic heterocycles. The van der Waals surface area contributed by atoms with Gasteiger partial charge < -0.3 is 10.4 Å². The van der Waals surface area contributed by atoms with Gasteiger partial charge in [0.05, 0.1) is 23.6 Å². The number of carbonyl (C=O) groups is 2. The third-order valence-corrected chi connectivity index (χ3v) is 3.46. The number of carboxylic acids is 1. The molecule has 19 heavy (non-hydrogen) atoms. The van der Waals surface area contributed by atoms with Crippen molar-refractivity contribution in [3.05, 3.63) is 35.4 Å². The number of carbonyl (C=O) groups excluding carboxylic acids is 1. The van der Waals surface area contributed by atoms with Crippen LogP contribution >= 0.6 is 0 Å². The van der Waals surface area contributed by atoms with E-state index in [0.717, 1.165) is 6.42 Å². The number of nitrogens with zero attached hydrogens (tertiary/aromatic N) is 1. The van der Waals surface area contributed by atoms with Crippen molar-refractivity contribution < 1.29 is 14.7 Å². The van der Waals surface area contributed by atoms with Crippen LogP contribution in [0.15, 0.2) is 24.3 Å². The second-order valence-electron chi connectivity index (χ2n) is 4.85. The fourth-order valence-corrected chi connectivity index (χ4v) is 2.25. The van der Waals surface area contributed by atoms with Gasteiger partial charge in [-0.25, -0.2) is 0 Å². The highest BCUT2D eigenvalue weighted by molar-refractivity contribution is 5.95. The van der Waals surface area contributed by atoms with Crippen molar-refractivity contribution in [1.82, 2.24) is 5.32 Å². The van der Waals surface area contributed by atoms with Gasteiger partial charge in [0, 0.05) is 5.56 Å². The lowest BCUT2D eigenvalue weighted by Crippen LogP contribution is -2.54. The molecule has 0 unspecified atom stereocenters. The number of amides is 1. The van der Waals surface area contributed by atoms with Gasteiger partial charge >= 0.3 is 5.97 Å². The topological polar surface area (TPSA) is 90.2 Å². The van der Waals surface area contributed by atoms with E-state index in [1.165, 1.54) is 0 Å². The molecule has 1 fully saturated rings. The van der Waals surface area contributed by atoms with Gasteiger partial charge in [-0.05, 0) is 43.5 Å². The Morgan fingerprint density at radius 3 is 2.37 bits per heavy atom. The summed E-state index contributed by atoms with van der Waals surface area (Å²) in [6.07, 6.45) is 2.28. The molecule has 1 aromatic rings. The smallest absolute Gasteiger partial charge is 0.305 e. The van der Waals surface area contributed by atoms with Gasteiger partial charge in [0.15, 0.2) is 0 Å². The number of aliphatic carboxylic acids is 1. The Hall–Kier alpha value is -2.35. The number of hydrogen-bond donors (Lipinski definition) is 2. The molecule has 0 spiro atoms. The Morgan fingerprint density at radius 1 is 1.32 bits per heavy atom. The molecule has 0 radical (unpaired) electrons. The Balaban J connectivity index is 2.07. The summed E-state index contributed by atoms with van der Waals surface area (Å²) in [5.74, 6) is -1.19. The summed E-state index contributed by atoms with van der Waals surface area (Å²) in [6, 6.07) is 8.26. The highest BCUT2D eigenvalue weighted by atomic mass is 16.4. The normalized spacial score (nSPS) is 15.9. The Labute approximate surface area is 110 Å². The van der Waals surface area contributed by atoms with Crippen molar-refractivity contribution in [3.8, 4) is 6.07 Å². The van der Waals surface area contributed by atoms with Crippen molar-refractivity contribution in [2.24, 2.45) is 0 Å². The first-order chi connectivity index (χ1) is 9.04. The summed E-state index contributed by atoms with van der Waals surface area (Å²) < 4.78 is 0. The lowest BCUT2D eigenvalue weighted by atomic mass is 9.74. The van der Waals surface area contributed by atoms with E-state index < -0.39 is 11.5 Å². The number of hydrogen-bond acceptors (Lipinski definition) is 3. The third-order valence-electron chi connectivity index (χ3n) is 3.46. The zero-order valence-corrected chi connectivity index (χ0v) is 10.3. The van der Waals surface area contributed by atoms with Gasteiger partial charge in [-0.3, -0.25) is 9.59 Å². The van der Waals surface area contributed by atoms with E-state index in [4.69, 9.17) is 10.4 Å². The van der Waals surface area contributed by atoms with Crippen LogP contribution in [0.2, 0.25) is 0 Å². The van der Waals surface area contributed by atoms with Crippen molar-refractivity contribution in [3.63, 3.8) is 0 Å². The first-order valence-corrected chi connectivity index (χ1v) is 6.09. The van der Waals surface area contributed by atoms with E-state index >= 15 is 0 Å². The second kappa shape index (κ2) is 5.11. The van der Waals surface area contributed by atoms with Gasteiger partial charge in [-0.2, -0.15) is 5.26 Å². The van der Waals surface area contributed by atoms with Gasteiger partial charge in [0.25, 0.3) is 5.91 Å². The lowest BCUT2D eigenvalue weighted by molar-refractivity contribution is -0.139. The Morgan fingerprint density at radius 2 is 1.95 bits per heavy atom. The second-order valence-corrected chi connectivity index (χ2v) is 4.85. The molecule has 0 heterocycles. The minimum Gasteiger partial charge on any atom is -0.481 e. The zero-order valence-electron chi connectivity index (χ0n) is 10.3. The van der Waals surface area contributed by atoms with E-state index in [0.29, 0.717) is 24.0 Å². The molecule has 0 bridgehead atoms. The average molecular weight is 258 g/mol. The van der Waals surface area contributed by atoms with Crippen molar-refractivity contribution in [1.29, 1.82) is 5.26 Å². The van der Waals surface area contributed by atoms with Gasteiger partial charge in [0.1, 0.15) is 0 Å². The number of nitriles is 1. The molecule has 1 aromatic carbocycles. The number of nitrogens with one attached hydrogen (secondary N) is 1. The molecule has 0 saturated heterocycles.